The molecule has 248 valence electrons. The van der Waals surface area contributed by atoms with Crippen molar-refractivity contribution >= 4 is 0 Å². The van der Waals surface area contributed by atoms with Crippen molar-refractivity contribution in [1.29, 1.82) is 0 Å². The molecule has 2 unspecified atom stereocenters. The second-order valence-electron chi connectivity index (χ2n) is 12.4. The van der Waals surface area contributed by atoms with E-state index in [1.54, 1.807) is 28.4 Å². The highest BCUT2D eigenvalue weighted by Gasteiger charge is 2.28. The molecule has 0 saturated carbocycles. The lowest BCUT2D eigenvalue weighted by molar-refractivity contribution is 0.120. The molecular weight excluding hydrogens is 592 g/mol. The molecule has 4 aromatic carbocycles. The highest BCUT2D eigenvalue weighted by Crippen LogP contribution is 2.40. The zero-order chi connectivity index (χ0) is 32.9. The van der Waals surface area contributed by atoms with Gasteiger partial charge in [-0.15, -0.1) is 0 Å². The van der Waals surface area contributed by atoms with Gasteiger partial charge in [-0.2, -0.15) is 0 Å². The van der Waals surface area contributed by atoms with Crippen LogP contribution in [-0.2, 0) is 25.7 Å². The summed E-state index contributed by atoms with van der Waals surface area (Å²) >= 11 is 0. The molecule has 0 saturated heterocycles. The Morgan fingerprint density at radius 2 is 0.894 bits per heavy atom. The minimum absolute atomic E-state index is 0.138. The van der Waals surface area contributed by atoms with E-state index in [9.17, 15) is 0 Å². The van der Waals surface area contributed by atoms with Gasteiger partial charge in [0, 0.05) is 25.2 Å². The SMILES string of the molecule is COc1cc2c(cc1OC)C(Cc1ccc(OCOc3ccc(CC4c5cc(OC)c(OC)cc5CCN4C)cc3)cc1)N(C)CC2. The number of likely N-dealkylation sites (N-methyl/N-ethyl adjacent to an activating group) is 2. The molecule has 2 aliphatic heterocycles. The molecule has 4 aromatic rings. The molecule has 47 heavy (non-hydrogen) atoms. The van der Waals surface area contributed by atoms with Crippen molar-refractivity contribution in [3.63, 3.8) is 0 Å². The fourth-order valence-electron chi connectivity index (χ4n) is 6.89. The average Bonchev–Trinajstić information content (AvgIpc) is 3.10. The summed E-state index contributed by atoms with van der Waals surface area (Å²) < 4.78 is 34.2. The molecule has 2 heterocycles. The zero-order valence-electron chi connectivity index (χ0n) is 28.4. The molecular formula is C39H46N2O6. The Kier molecular flexibility index (Phi) is 10.1. The molecule has 8 nitrogen and oxygen atoms in total. The quantitative estimate of drug-likeness (QED) is 0.159. The number of rotatable bonds is 12. The molecule has 6 rings (SSSR count). The maximum atomic E-state index is 5.94. The first-order valence-electron chi connectivity index (χ1n) is 16.2. The van der Waals surface area contributed by atoms with E-state index in [2.05, 4.69) is 72.4 Å². The third-order valence-electron chi connectivity index (χ3n) is 9.70. The number of hydrogen-bond donors (Lipinski definition) is 0. The average molecular weight is 639 g/mol. The number of fused-ring (bicyclic) bond motifs is 2. The first-order chi connectivity index (χ1) is 22.9. The van der Waals surface area contributed by atoms with Crippen LogP contribution < -0.4 is 28.4 Å². The summed E-state index contributed by atoms with van der Waals surface area (Å²) in [6.45, 7) is 2.14. The van der Waals surface area contributed by atoms with Crippen molar-refractivity contribution < 1.29 is 28.4 Å². The second kappa shape index (κ2) is 14.6. The highest BCUT2D eigenvalue weighted by molar-refractivity contribution is 5.51. The van der Waals surface area contributed by atoms with Crippen molar-refractivity contribution in [3.8, 4) is 34.5 Å². The molecule has 0 amide bonds. The van der Waals surface area contributed by atoms with Crippen molar-refractivity contribution in [2.75, 3.05) is 62.4 Å². The molecule has 2 aliphatic rings. The largest absolute Gasteiger partial charge is 0.493 e. The Hall–Kier alpha value is -4.40. The van der Waals surface area contributed by atoms with Crippen molar-refractivity contribution in [3.05, 3.63) is 106 Å². The Morgan fingerprint density at radius 3 is 1.26 bits per heavy atom. The van der Waals surface area contributed by atoms with Crippen LogP contribution in [0.3, 0.4) is 0 Å². The van der Waals surface area contributed by atoms with Crippen LogP contribution in [0.5, 0.6) is 34.5 Å². The summed E-state index contributed by atoms with van der Waals surface area (Å²) in [6.07, 6.45) is 3.78. The lowest BCUT2D eigenvalue weighted by Gasteiger charge is -2.35. The van der Waals surface area contributed by atoms with Crippen LogP contribution in [0.1, 0.15) is 45.5 Å². The van der Waals surface area contributed by atoms with Gasteiger partial charge in [-0.25, -0.2) is 0 Å². The van der Waals surface area contributed by atoms with Gasteiger partial charge in [0.25, 0.3) is 0 Å². The van der Waals surface area contributed by atoms with Gasteiger partial charge in [-0.05, 0) is 122 Å². The maximum absolute atomic E-state index is 5.94. The Morgan fingerprint density at radius 1 is 0.532 bits per heavy atom. The van der Waals surface area contributed by atoms with Gasteiger partial charge in [0.15, 0.2) is 23.0 Å². The smallest absolute Gasteiger partial charge is 0.230 e. The summed E-state index contributed by atoms with van der Waals surface area (Å²) in [5, 5.41) is 0. The number of ether oxygens (including phenoxy) is 6. The lowest BCUT2D eigenvalue weighted by Crippen LogP contribution is -2.33. The monoisotopic (exact) mass is 638 g/mol. The molecule has 0 aromatic heterocycles. The summed E-state index contributed by atoms with van der Waals surface area (Å²) in [4.78, 5) is 4.83. The molecule has 8 heteroatoms. The van der Waals surface area contributed by atoms with Crippen LogP contribution in [0, 0.1) is 0 Å². The fourth-order valence-corrected chi connectivity index (χ4v) is 6.89. The molecule has 0 bridgehead atoms. The summed E-state index contributed by atoms with van der Waals surface area (Å²) in [5.74, 6) is 4.68. The van der Waals surface area contributed by atoms with Crippen LogP contribution in [0.4, 0.5) is 0 Å². The van der Waals surface area contributed by atoms with Gasteiger partial charge in [0.1, 0.15) is 11.5 Å². The highest BCUT2D eigenvalue weighted by atomic mass is 16.7. The number of methoxy groups -OCH3 is 4. The normalized spacial score (nSPS) is 17.7. The van der Waals surface area contributed by atoms with E-state index in [1.165, 1.54) is 33.4 Å². The van der Waals surface area contributed by atoms with Gasteiger partial charge in [0.2, 0.25) is 6.79 Å². The van der Waals surface area contributed by atoms with Crippen LogP contribution in [-0.4, -0.2) is 72.2 Å². The van der Waals surface area contributed by atoms with Gasteiger partial charge >= 0.3 is 0 Å². The zero-order valence-corrected chi connectivity index (χ0v) is 28.4. The van der Waals surface area contributed by atoms with Crippen LogP contribution in [0.2, 0.25) is 0 Å². The van der Waals surface area contributed by atoms with Crippen LogP contribution in [0.25, 0.3) is 0 Å². The van der Waals surface area contributed by atoms with E-state index in [0.717, 1.165) is 73.3 Å². The Bertz CT molecular complexity index is 1530. The van der Waals surface area contributed by atoms with Gasteiger partial charge in [0.05, 0.1) is 28.4 Å². The fraction of sp³-hybridized carbons (Fsp3) is 0.385. The van der Waals surface area contributed by atoms with E-state index in [1.807, 2.05) is 24.3 Å². The minimum atomic E-state index is 0.138. The van der Waals surface area contributed by atoms with E-state index < -0.39 is 0 Å². The maximum Gasteiger partial charge on any atom is 0.230 e. The third-order valence-corrected chi connectivity index (χ3v) is 9.70. The van der Waals surface area contributed by atoms with Crippen molar-refractivity contribution in [2.24, 2.45) is 0 Å². The summed E-state index contributed by atoms with van der Waals surface area (Å²) in [6, 6.07) is 25.7. The molecule has 0 aliphatic carbocycles. The number of nitrogens with zero attached hydrogens (tertiary/aromatic N) is 2. The van der Waals surface area contributed by atoms with Gasteiger partial charge in [-0.3, -0.25) is 9.80 Å². The van der Waals surface area contributed by atoms with E-state index in [4.69, 9.17) is 28.4 Å². The number of benzene rings is 4. The van der Waals surface area contributed by atoms with Crippen molar-refractivity contribution in [1.82, 2.24) is 9.80 Å². The van der Waals surface area contributed by atoms with Gasteiger partial charge in [-0.1, -0.05) is 24.3 Å². The Labute approximate surface area is 278 Å². The van der Waals surface area contributed by atoms with Crippen molar-refractivity contribution in [2.45, 2.75) is 37.8 Å². The summed E-state index contributed by atoms with van der Waals surface area (Å²) in [5.41, 5.74) is 7.74. The summed E-state index contributed by atoms with van der Waals surface area (Å²) in [7, 11) is 11.1. The molecule has 0 radical (unpaired) electrons. The molecule has 0 spiro atoms. The predicted octanol–water partition coefficient (Wildman–Crippen LogP) is 6.68. The van der Waals surface area contributed by atoms with Crippen LogP contribution >= 0.6 is 0 Å². The first kappa shape index (κ1) is 32.5. The second-order valence-corrected chi connectivity index (χ2v) is 12.4. The first-order valence-corrected chi connectivity index (χ1v) is 16.2. The van der Waals surface area contributed by atoms with E-state index in [0.29, 0.717) is 0 Å². The third kappa shape index (κ3) is 7.14. The molecule has 2 atom stereocenters. The lowest BCUT2D eigenvalue weighted by atomic mass is 9.88. The van der Waals surface area contributed by atoms with E-state index >= 15 is 0 Å². The standard InChI is InChI=1S/C39H46N2O6/c1-40-17-15-28-21-36(42-3)38(44-5)23-32(28)34(40)19-26-7-11-30(12-8-26)46-25-47-31-13-9-27(10-14-31)20-35-33-24-39(45-6)37(43-4)22-29(33)16-18-41(35)2/h7-14,21-24,34-35H,15-20,25H2,1-6H3. The van der Waals surface area contributed by atoms with E-state index in [-0.39, 0.29) is 18.9 Å². The Balaban J connectivity index is 1.03. The number of hydrogen-bond acceptors (Lipinski definition) is 8. The molecule has 0 fully saturated rings. The van der Waals surface area contributed by atoms with Gasteiger partial charge < -0.3 is 28.4 Å². The predicted molar refractivity (Wildman–Crippen MR) is 184 cm³/mol. The molecule has 0 N–H and O–H groups in total. The topological polar surface area (TPSA) is 61.9 Å². The van der Waals surface area contributed by atoms with Crippen LogP contribution in [0.15, 0.2) is 72.8 Å². The minimum Gasteiger partial charge on any atom is -0.493 e.